The zero-order valence-electron chi connectivity index (χ0n) is 6.60. The Bertz CT molecular complexity index is 196. The second kappa shape index (κ2) is 2.41. The Balaban J connectivity index is 2.97. The second-order valence-electron chi connectivity index (χ2n) is 3.33. The van der Waals surface area contributed by atoms with Crippen LogP contribution in [0.15, 0.2) is 12.1 Å². The molecule has 0 atom stereocenters. The zero-order chi connectivity index (χ0) is 7.61. The minimum Gasteiger partial charge on any atom is -0.251 e. The highest BCUT2D eigenvalue weighted by atomic mass is 14.7. The lowest BCUT2D eigenvalue weighted by molar-refractivity contribution is 0.568. The van der Waals surface area contributed by atoms with Crippen molar-refractivity contribution in [2.75, 3.05) is 0 Å². The smallest absolute Gasteiger partial charge is 0.0896 e. The summed E-state index contributed by atoms with van der Waals surface area (Å²) < 4.78 is 0. The van der Waals surface area contributed by atoms with Gasteiger partial charge in [-0.1, -0.05) is 20.8 Å². The van der Waals surface area contributed by atoms with Gasteiger partial charge in [-0.05, 0) is 18.2 Å². The third kappa shape index (κ3) is 1.56. The topological polar surface area (TPSA) is 12.9 Å². The summed E-state index contributed by atoms with van der Waals surface area (Å²) in [5.41, 5.74) is 1.16. The van der Waals surface area contributed by atoms with Crippen LogP contribution in [-0.2, 0) is 5.41 Å². The molecule has 1 aromatic heterocycles. The highest BCUT2D eigenvalue weighted by Crippen LogP contribution is 2.17. The Morgan fingerprint density at radius 1 is 1.40 bits per heavy atom. The van der Waals surface area contributed by atoms with Crippen LogP contribution in [0, 0.1) is 12.3 Å². The molecule has 0 spiro atoms. The predicted octanol–water partition coefficient (Wildman–Crippen LogP) is 1.98. The number of hydrogen-bond acceptors (Lipinski definition) is 1. The normalized spacial score (nSPS) is 11.5. The fourth-order valence-corrected chi connectivity index (χ4v) is 0.676. The summed E-state index contributed by atoms with van der Waals surface area (Å²) in [5, 5.41) is 0. The average molecular weight is 133 g/mol. The quantitative estimate of drug-likeness (QED) is 0.527. The molecule has 2 radical (unpaired) electrons. The lowest BCUT2D eigenvalue weighted by Crippen LogP contribution is -2.12. The summed E-state index contributed by atoms with van der Waals surface area (Å²) >= 11 is 0. The van der Waals surface area contributed by atoms with Crippen molar-refractivity contribution in [3.8, 4) is 0 Å². The van der Waals surface area contributed by atoms with E-state index in [1.807, 2.05) is 6.07 Å². The number of hydrogen-bond donors (Lipinski definition) is 0. The first-order valence-electron chi connectivity index (χ1n) is 3.35. The van der Waals surface area contributed by atoms with Crippen LogP contribution in [0.25, 0.3) is 0 Å². The summed E-state index contributed by atoms with van der Waals surface area (Å²) in [7, 11) is 0. The van der Waals surface area contributed by atoms with Gasteiger partial charge in [-0.25, -0.2) is 0 Å². The minimum absolute atomic E-state index is 0.119. The van der Waals surface area contributed by atoms with Crippen LogP contribution in [0.1, 0.15) is 26.5 Å². The molecule has 52 valence electrons. The van der Waals surface area contributed by atoms with Crippen molar-refractivity contribution in [2.24, 2.45) is 0 Å². The van der Waals surface area contributed by atoms with Crippen LogP contribution < -0.4 is 0 Å². The molecule has 0 saturated carbocycles. The molecule has 1 heterocycles. The highest BCUT2D eigenvalue weighted by Gasteiger charge is 2.13. The van der Waals surface area contributed by atoms with Crippen LogP contribution >= 0.6 is 0 Å². The van der Waals surface area contributed by atoms with Crippen molar-refractivity contribution in [3.05, 3.63) is 30.1 Å². The monoisotopic (exact) mass is 133 g/mol. The van der Waals surface area contributed by atoms with Gasteiger partial charge in [-0.15, -0.1) is 0 Å². The van der Waals surface area contributed by atoms with E-state index in [0.29, 0.717) is 0 Å². The summed E-state index contributed by atoms with van der Waals surface area (Å²) in [6.45, 7) is 6.37. The lowest BCUT2D eigenvalue weighted by Gasteiger charge is -2.16. The maximum Gasteiger partial charge on any atom is 0.0896 e. The molecule has 0 fully saturated rings. The van der Waals surface area contributed by atoms with E-state index in [-0.39, 0.29) is 5.41 Å². The van der Waals surface area contributed by atoms with Crippen molar-refractivity contribution in [1.29, 1.82) is 0 Å². The Morgan fingerprint density at radius 3 is 2.40 bits per heavy atom. The van der Waals surface area contributed by atoms with Crippen LogP contribution in [0.4, 0.5) is 0 Å². The van der Waals surface area contributed by atoms with E-state index in [4.69, 9.17) is 0 Å². The molecule has 0 amide bonds. The van der Waals surface area contributed by atoms with E-state index >= 15 is 0 Å². The predicted molar refractivity (Wildman–Crippen MR) is 40.6 cm³/mol. The summed E-state index contributed by atoms with van der Waals surface area (Å²) in [5.74, 6) is 0. The van der Waals surface area contributed by atoms with Crippen LogP contribution in [-0.4, -0.2) is 4.98 Å². The zero-order valence-corrected chi connectivity index (χ0v) is 6.60. The fourth-order valence-electron chi connectivity index (χ4n) is 0.676. The Labute approximate surface area is 62.1 Å². The molecular formula is C9H11N. The molecule has 0 aromatic carbocycles. The van der Waals surface area contributed by atoms with E-state index < -0.39 is 0 Å². The Hall–Kier alpha value is -0.850. The standard InChI is InChI=1S/C9H11N/c1-9(2,3)8-6-4-5-7-10-8/h5-6H,1-3H3. The SMILES string of the molecule is CC(C)(C)c1c[c]c[c]n1. The summed E-state index contributed by atoms with van der Waals surface area (Å²) in [6, 6.07) is 6.54. The van der Waals surface area contributed by atoms with Gasteiger partial charge in [-0.2, -0.15) is 0 Å². The van der Waals surface area contributed by atoms with E-state index in [1.165, 1.54) is 0 Å². The molecule has 0 aliphatic carbocycles. The van der Waals surface area contributed by atoms with Gasteiger partial charge in [0.25, 0.3) is 0 Å². The van der Waals surface area contributed by atoms with Gasteiger partial charge in [0.2, 0.25) is 0 Å². The lowest BCUT2D eigenvalue weighted by atomic mass is 9.92. The molecule has 1 nitrogen and oxygen atoms in total. The van der Waals surface area contributed by atoms with Crippen molar-refractivity contribution in [2.45, 2.75) is 26.2 Å². The van der Waals surface area contributed by atoms with E-state index in [9.17, 15) is 0 Å². The minimum atomic E-state index is 0.119. The van der Waals surface area contributed by atoms with Gasteiger partial charge in [0.1, 0.15) is 0 Å². The number of pyridine rings is 1. The number of aromatic nitrogens is 1. The first-order chi connectivity index (χ1) is 4.61. The molecule has 0 bridgehead atoms. The van der Waals surface area contributed by atoms with E-state index in [0.717, 1.165) is 5.69 Å². The largest absolute Gasteiger partial charge is 0.251 e. The van der Waals surface area contributed by atoms with Crippen molar-refractivity contribution in [3.63, 3.8) is 0 Å². The highest BCUT2D eigenvalue weighted by molar-refractivity contribution is 5.11. The molecule has 0 unspecified atom stereocenters. The van der Waals surface area contributed by atoms with Gasteiger partial charge >= 0.3 is 0 Å². The van der Waals surface area contributed by atoms with Crippen molar-refractivity contribution in [1.82, 2.24) is 4.98 Å². The molecule has 1 aromatic rings. The average Bonchev–Trinajstić information content (AvgIpc) is 1.88. The van der Waals surface area contributed by atoms with Gasteiger partial charge in [0.15, 0.2) is 0 Å². The Kier molecular flexibility index (Phi) is 1.75. The number of nitrogens with zero attached hydrogens (tertiary/aromatic N) is 1. The molecular weight excluding hydrogens is 122 g/mol. The molecule has 0 saturated heterocycles. The van der Waals surface area contributed by atoms with Crippen LogP contribution in [0.3, 0.4) is 0 Å². The molecule has 1 rings (SSSR count). The summed E-state index contributed by atoms with van der Waals surface area (Å²) in [6.07, 6.45) is 2.76. The Morgan fingerprint density at radius 2 is 2.10 bits per heavy atom. The van der Waals surface area contributed by atoms with Gasteiger partial charge in [0.05, 0.1) is 6.20 Å². The first-order valence-corrected chi connectivity index (χ1v) is 3.35. The maximum atomic E-state index is 4.09. The number of rotatable bonds is 0. The molecule has 0 aliphatic heterocycles. The van der Waals surface area contributed by atoms with Crippen molar-refractivity contribution >= 4 is 0 Å². The van der Waals surface area contributed by atoms with Crippen LogP contribution in [0.5, 0.6) is 0 Å². The molecule has 0 N–H and O–H groups in total. The van der Waals surface area contributed by atoms with Gasteiger partial charge in [0, 0.05) is 11.1 Å². The van der Waals surface area contributed by atoms with Gasteiger partial charge < -0.3 is 0 Å². The fraction of sp³-hybridized carbons (Fsp3) is 0.444. The van der Waals surface area contributed by atoms with Crippen molar-refractivity contribution < 1.29 is 0 Å². The third-order valence-electron chi connectivity index (χ3n) is 1.32. The maximum absolute atomic E-state index is 4.09. The molecule has 0 aliphatic rings. The van der Waals surface area contributed by atoms with E-state index in [1.54, 1.807) is 6.07 Å². The molecule has 10 heavy (non-hydrogen) atoms. The van der Waals surface area contributed by atoms with Gasteiger partial charge in [-0.3, -0.25) is 4.98 Å². The second-order valence-corrected chi connectivity index (χ2v) is 3.33. The summed E-state index contributed by atoms with van der Waals surface area (Å²) in [4.78, 5) is 4.09. The van der Waals surface area contributed by atoms with E-state index in [2.05, 4.69) is 38.0 Å². The van der Waals surface area contributed by atoms with Crippen LogP contribution in [0.2, 0.25) is 0 Å². The first kappa shape index (κ1) is 7.26. The molecule has 1 heteroatoms. The third-order valence-corrected chi connectivity index (χ3v) is 1.32.